The third-order valence-corrected chi connectivity index (χ3v) is 4.77. The minimum absolute atomic E-state index is 0.00141. The molecule has 1 aliphatic rings. The van der Waals surface area contributed by atoms with Gasteiger partial charge >= 0.3 is 6.03 Å². The summed E-state index contributed by atoms with van der Waals surface area (Å²) in [5.41, 5.74) is 1.29. The molecule has 1 aromatic rings. The van der Waals surface area contributed by atoms with Gasteiger partial charge in [0.05, 0.1) is 0 Å². The van der Waals surface area contributed by atoms with Gasteiger partial charge in [0.1, 0.15) is 0 Å². The third-order valence-electron chi connectivity index (χ3n) is 3.40. The van der Waals surface area contributed by atoms with Gasteiger partial charge in [0.25, 0.3) is 0 Å². The lowest BCUT2D eigenvalue weighted by Gasteiger charge is -2.31. The molecule has 1 saturated heterocycles. The molecule has 108 valence electrons. The normalized spacial score (nSPS) is 18.7. The van der Waals surface area contributed by atoms with Crippen LogP contribution in [-0.2, 0) is 0 Å². The molecular formula is C15H20N2O2S. The van der Waals surface area contributed by atoms with Gasteiger partial charge in [-0.2, -0.15) is 11.8 Å². The van der Waals surface area contributed by atoms with Crippen LogP contribution in [-0.4, -0.2) is 40.8 Å². The summed E-state index contributed by atoms with van der Waals surface area (Å²) in [6.45, 7) is 5.24. The summed E-state index contributed by atoms with van der Waals surface area (Å²) in [7, 11) is 0. The largest absolute Gasteiger partial charge is 0.323 e. The Hall–Kier alpha value is -1.49. The molecule has 0 saturated carbocycles. The molecule has 0 spiro atoms. The molecule has 1 heterocycles. The summed E-state index contributed by atoms with van der Waals surface area (Å²) in [5, 5.41) is 3.40. The van der Waals surface area contributed by atoms with Crippen LogP contribution >= 0.6 is 11.8 Å². The van der Waals surface area contributed by atoms with E-state index in [0.717, 1.165) is 25.3 Å². The Bertz CT molecular complexity index is 504. The molecule has 0 bridgehead atoms. The van der Waals surface area contributed by atoms with Gasteiger partial charge in [-0.05, 0) is 25.5 Å². The lowest BCUT2D eigenvalue weighted by Crippen LogP contribution is -2.43. The number of hydrogen-bond acceptors (Lipinski definition) is 3. The van der Waals surface area contributed by atoms with E-state index in [1.807, 2.05) is 16.7 Å². The second-order valence-electron chi connectivity index (χ2n) is 4.91. The maximum atomic E-state index is 12.2. The van der Waals surface area contributed by atoms with Crippen LogP contribution in [0, 0.1) is 0 Å². The van der Waals surface area contributed by atoms with Crippen LogP contribution in [0.4, 0.5) is 10.5 Å². The number of Topliss-reactive ketones (excluding diaryl/α,β-unsaturated/α-hetero) is 1. The zero-order valence-corrected chi connectivity index (χ0v) is 12.7. The summed E-state index contributed by atoms with van der Waals surface area (Å²) in [6, 6.07) is 6.98. The van der Waals surface area contributed by atoms with Crippen molar-refractivity contribution in [1.29, 1.82) is 0 Å². The zero-order valence-electron chi connectivity index (χ0n) is 11.9. The Kier molecular flexibility index (Phi) is 5.06. The van der Waals surface area contributed by atoms with Crippen molar-refractivity contribution < 1.29 is 9.59 Å². The summed E-state index contributed by atoms with van der Waals surface area (Å²) in [5.74, 6) is 0.987. The van der Waals surface area contributed by atoms with Crippen molar-refractivity contribution in [2.75, 3.05) is 24.2 Å². The zero-order chi connectivity index (χ0) is 14.5. The molecule has 2 rings (SSSR count). The maximum absolute atomic E-state index is 12.2. The summed E-state index contributed by atoms with van der Waals surface area (Å²) >= 11 is 1.93. The Morgan fingerprint density at radius 2 is 2.25 bits per heavy atom. The smallest absolute Gasteiger partial charge is 0.321 e. The number of urea groups is 1. The monoisotopic (exact) mass is 292 g/mol. The Balaban J connectivity index is 2.00. The number of carbonyl (C=O) groups excluding carboxylic acids is 2. The van der Waals surface area contributed by atoms with Crippen LogP contribution in [0.2, 0.25) is 0 Å². The summed E-state index contributed by atoms with van der Waals surface area (Å²) in [6.07, 6.45) is 1.08. The van der Waals surface area contributed by atoms with Gasteiger partial charge in [-0.15, -0.1) is 0 Å². The van der Waals surface area contributed by atoms with Gasteiger partial charge in [0, 0.05) is 35.3 Å². The van der Waals surface area contributed by atoms with Crippen molar-refractivity contribution >= 4 is 29.3 Å². The maximum Gasteiger partial charge on any atom is 0.321 e. The minimum atomic E-state index is -0.0792. The van der Waals surface area contributed by atoms with Crippen molar-refractivity contribution in [2.24, 2.45) is 0 Å². The molecule has 5 heteroatoms. The van der Waals surface area contributed by atoms with E-state index >= 15 is 0 Å². The molecule has 0 aromatic heterocycles. The van der Waals surface area contributed by atoms with E-state index in [9.17, 15) is 9.59 Å². The first-order valence-electron chi connectivity index (χ1n) is 6.88. The second-order valence-corrected chi connectivity index (χ2v) is 6.32. The van der Waals surface area contributed by atoms with E-state index in [1.165, 1.54) is 6.92 Å². The quantitative estimate of drug-likeness (QED) is 0.870. The van der Waals surface area contributed by atoms with Gasteiger partial charge in [-0.25, -0.2) is 4.79 Å². The van der Waals surface area contributed by atoms with Crippen LogP contribution in [0.5, 0.6) is 0 Å². The highest BCUT2D eigenvalue weighted by molar-refractivity contribution is 8.00. The van der Waals surface area contributed by atoms with Gasteiger partial charge in [-0.3, -0.25) is 4.79 Å². The number of carbonyl (C=O) groups is 2. The molecule has 1 unspecified atom stereocenters. The van der Waals surface area contributed by atoms with Crippen molar-refractivity contribution in [2.45, 2.75) is 25.5 Å². The molecule has 1 fully saturated rings. The minimum Gasteiger partial charge on any atom is -0.323 e. The summed E-state index contributed by atoms with van der Waals surface area (Å²) in [4.78, 5) is 25.4. The molecule has 1 N–H and O–H groups in total. The van der Waals surface area contributed by atoms with E-state index in [1.54, 1.807) is 24.3 Å². The van der Waals surface area contributed by atoms with Gasteiger partial charge in [0.2, 0.25) is 0 Å². The highest BCUT2D eigenvalue weighted by atomic mass is 32.2. The fourth-order valence-electron chi connectivity index (χ4n) is 2.17. The molecule has 1 aromatic carbocycles. The molecule has 0 aliphatic carbocycles. The third kappa shape index (κ3) is 3.76. The van der Waals surface area contributed by atoms with Crippen LogP contribution in [0.3, 0.4) is 0 Å². The molecule has 1 atom stereocenters. The first-order chi connectivity index (χ1) is 9.60. The highest BCUT2D eigenvalue weighted by Gasteiger charge is 2.22. The number of ketones is 1. The Morgan fingerprint density at radius 3 is 2.95 bits per heavy atom. The molecule has 2 amide bonds. The van der Waals surface area contributed by atoms with Gasteiger partial charge in [-0.1, -0.05) is 19.1 Å². The topological polar surface area (TPSA) is 49.4 Å². The average molecular weight is 292 g/mol. The van der Waals surface area contributed by atoms with E-state index in [-0.39, 0.29) is 11.8 Å². The van der Waals surface area contributed by atoms with Crippen LogP contribution in [0.25, 0.3) is 0 Å². The van der Waals surface area contributed by atoms with Crippen LogP contribution in [0.1, 0.15) is 30.6 Å². The van der Waals surface area contributed by atoms with Gasteiger partial charge < -0.3 is 10.2 Å². The molecular weight excluding hydrogens is 272 g/mol. The van der Waals surface area contributed by atoms with E-state index in [2.05, 4.69) is 12.2 Å². The van der Waals surface area contributed by atoms with Crippen molar-refractivity contribution in [1.82, 2.24) is 4.90 Å². The van der Waals surface area contributed by atoms with E-state index < -0.39 is 0 Å². The van der Waals surface area contributed by atoms with E-state index in [0.29, 0.717) is 16.5 Å². The van der Waals surface area contributed by atoms with Gasteiger partial charge in [0.15, 0.2) is 5.78 Å². The van der Waals surface area contributed by atoms with Crippen molar-refractivity contribution in [3.8, 4) is 0 Å². The van der Waals surface area contributed by atoms with Crippen molar-refractivity contribution in [3.05, 3.63) is 29.8 Å². The average Bonchev–Trinajstić information content (AvgIpc) is 2.47. The Labute approximate surface area is 123 Å². The van der Waals surface area contributed by atoms with E-state index in [4.69, 9.17) is 0 Å². The van der Waals surface area contributed by atoms with Crippen LogP contribution in [0.15, 0.2) is 24.3 Å². The fraction of sp³-hybridized carbons (Fsp3) is 0.467. The number of rotatable bonds is 3. The second kappa shape index (κ2) is 6.79. The van der Waals surface area contributed by atoms with Crippen LogP contribution < -0.4 is 5.32 Å². The molecule has 4 nitrogen and oxygen atoms in total. The first-order valence-corrected chi connectivity index (χ1v) is 7.93. The highest BCUT2D eigenvalue weighted by Crippen LogP contribution is 2.22. The lowest BCUT2D eigenvalue weighted by molar-refractivity contribution is 0.101. The number of thioether (sulfide) groups is 1. The fourth-order valence-corrected chi connectivity index (χ4v) is 3.35. The number of amides is 2. The van der Waals surface area contributed by atoms with Crippen molar-refractivity contribution in [3.63, 3.8) is 0 Å². The molecule has 1 aliphatic heterocycles. The lowest BCUT2D eigenvalue weighted by atomic mass is 10.1. The number of anilines is 1. The predicted molar refractivity (Wildman–Crippen MR) is 83.6 cm³/mol. The summed E-state index contributed by atoms with van der Waals surface area (Å²) < 4.78 is 0. The molecule has 0 radical (unpaired) electrons. The number of benzene rings is 1. The number of nitrogens with zero attached hydrogens (tertiary/aromatic N) is 1. The first kappa shape index (κ1) is 14.9. The molecule has 20 heavy (non-hydrogen) atoms. The Morgan fingerprint density at radius 1 is 1.45 bits per heavy atom. The number of nitrogens with one attached hydrogen (secondary N) is 1. The SMILES string of the molecule is CCC1CN(C(=O)Nc2cccc(C(C)=O)c2)CCS1. The predicted octanol–water partition coefficient (Wildman–Crippen LogP) is 3.25. The standard InChI is InChI=1S/C15H20N2O2S/c1-3-14-10-17(7-8-20-14)15(19)16-13-6-4-5-12(9-13)11(2)18/h4-6,9,14H,3,7-8,10H2,1-2H3,(H,16,19). The number of hydrogen-bond donors (Lipinski definition) is 1.